The highest BCUT2D eigenvalue weighted by Gasteiger charge is 2.17. The molecule has 1 nitrogen and oxygen atoms in total. The summed E-state index contributed by atoms with van der Waals surface area (Å²) in [5.74, 6) is 0. The van der Waals surface area contributed by atoms with Crippen LogP contribution in [-0.4, -0.2) is 0 Å². The summed E-state index contributed by atoms with van der Waals surface area (Å²) in [7, 11) is 0. The zero-order chi connectivity index (χ0) is 13.9. The van der Waals surface area contributed by atoms with Gasteiger partial charge in [0, 0.05) is 6.54 Å². The highest BCUT2D eigenvalue weighted by Crippen LogP contribution is 2.30. The van der Waals surface area contributed by atoms with E-state index in [4.69, 9.17) is 5.73 Å². The molecule has 2 aromatic rings. The van der Waals surface area contributed by atoms with Gasteiger partial charge in [0.15, 0.2) is 0 Å². The van der Waals surface area contributed by atoms with Crippen LogP contribution in [0.3, 0.4) is 0 Å². The van der Waals surface area contributed by atoms with Crippen LogP contribution in [0.15, 0.2) is 48.5 Å². The lowest BCUT2D eigenvalue weighted by molar-refractivity contribution is 0.506. The summed E-state index contributed by atoms with van der Waals surface area (Å²) >= 11 is 0. The Morgan fingerprint density at radius 1 is 0.947 bits per heavy atom. The van der Waals surface area contributed by atoms with Gasteiger partial charge in [-0.2, -0.15) is 0 Å². The molecule has 0 aliphatic rings. The third kappa shape index (κ3) is 2.87. The Bertz CT molecular complexity index is 538. The van der Waals surface area contributed by atoms with Gasteiger partial charge in [-0.25, -0.2) is 0 Å². The Balaban J connectivity index is 2.38. The molecule has 0 heterocycles. The molecule has 2 aromatic carbocycles. The van der Waals surface area contributed by atoms with Crippen LogP contribution in [0.4, 0.5) is 0 Å². The minimum absolute atomic E-state index is 0.242. The van der Waals surface area contributed by atoms with Gasteiger partial charge in [-0.3, -0.25) is 0 Å². The lowest BCUT2D eigenvalue weighted by Crippen LogP contribution is -2.15. The molecule has 0 amide bonds. The normalized spacial score (nSPS) is 11.6. The molecule has 0 radical (unpaired) electrons. The van der Waals surface area contributed by atoms with E-state index in [2.05, 4.69) is 63.2 Å². The van der Waals surface area contributed by atoms with Crippen molar-refractivity contribution in [1.82, 2.24) is 0 Å². The predicted octanol–water partition coefficient (Wildman–Crippen LogP) is 4.50. The van der Waals surface area contributed by atoms with Crippen LogP contribution in [0.25, 0.3) is 11.1 Å². The van der Waals surface area contributed by atoms with E-state index in [1.807, 2.05) is 6.07 Å². The van der Waals surface area contributed by atoms with Crippen LogP contribution < -0.4 is 5.73 Å². The molecule has 0 aliphatic carbocycles. The van der Waals surface area contributed by atoms with Crippen LogP contribution in [-0.2, 0) is 12.0 Å². The average Bonchev–Trinajstić information content (AvgIpc) is 2.47. The summed E-state index contributed by atoms with van der Waals surface area (Å²) in [6.45, 7) is 7.39. The fourth-order valence-corrected chi connectivity index (χ4v) is 2.29. The molecule has 100 valence electrons. The minimum Gasteiger partial charge on any atom is -0.326 e. The van der Waals surface area contributed by atoms with Gasteiger partial charge in [0.25, 0.3) is 0 Å². The molecule has 0 aromatic heterocycles. The number of hydrogen-bond acceptors (Lipinski definition) is 1. The molecule has 0 saturated carbocycles. The minimum atomic E-state index is 0.242. The van der Waals surface area contributed by atoms with E-state index >= 15 is 0 Å². The summed E-state index contributed by atoms with van der Waals surface area (Å²) in [5, 5.41) is 0. The molecular weight excluding hydrogens is 230 g/mol. The number of rotatable bonds is 4. The fraction of sp³-hybridized carbons (Fsp3) is 0.333. The zero-order valence-corrected chi connectivity index (χ0v) is 12.1. The lowest BCUT2D eigenvalue weighted by atomic mass is 9.81. The second-order valence-electron chi connectivity index (χ2n) is 5.68. The first-order valence-corrected chi connectivity index (χ1v) is 6.97. The van der Waals surface area contributed by atoms with E-state index in [1.165, 1.54) is 22.3 Å². The van der Waals surface area contributed by atoms with Crippen molar-refractivity contribution >= 4 is 0 Å². The molecule has 0 saturated heterocycles. The largest absolute Gasteiger partial charge is 0.326 e. The Morgan fingerprint density at radius 3 is 2.16 bits per heavy atom. The third-order valence-corrected chi connectivity index (χ3v) is 4.10. The number of nitrogens with two attached hydrogens (primary N) is 1. The zero-order valence-electron chi connectivity index (χ0n) is 12.1. The van der Waals surface area contributed by atoms with Gasteiger partial charge >= 0.3 is 0 Å². The molecule has 0 fully saturated rings. The Labute approximate surface area is 116 Å². The average molecular weight is 253 g/mol. The highest BCUT2D eigenvalue weighted by atomic mass is 14.5. The van der Waals surface area contributed by atoms with Crippen molar-refractivity contribution in [2.75, 3.05) is 0 Å². The molecule has 0 unspecified atom stereocenters. The van der Waals surface area contributed by atoms with Crippen molar-refractivity contribution < 1.29 is 0 Å². The Kier molecular flexibility index (Phi) is 4.06. The maximum atomic E-state index is 5.81. The Morgan fingerprint density at radius 2 is 1.58 bits per heavy atom. The summed E-state index contributed by atoms with van der Waals surface area (Å²) < 4.78 is 0. The smallest absolute Gasteiger partial charge is 0.0184 e. The molecule has 2 N–H and O–H groups in total. The molecular formula is C18H23N. The van der Waals surface area contributed by atoms with Crippen molar-refractivity contribution in [2.45, 2.75) is 39.2 Å². The predicted molar refractivity (Wildman–Crippen MR) is 83.1 cm³/mol. The quantitative estimate of drug-likeness (QED) is 0.853. The van der Waals surface area contributed by atoms with Gasteiger partial charge in [-0.15, -0.1) is 0 Å². The van der Waals surface area contributed by atoms with Crippen molar-refractivity contribution in [3.8, 4) is 11.1 Å². The van der Waals surface area contributed by atoms with Gasteiger partial charge < -0.3 is 5.73 Å². The first kappa shape index (κ1) is 13.8. The van der Waals surface area contributed by atoms with Crippen molar-refractivity contribution in [3.05, 3.63) is 59.7 Å². The highest BCUT2D eigenvalue weighted by molar-refractivity contribution is 5.67. The van der Waals surface area contributed by atoms with Gasteiger partial charge in [-0.1, -0.05) is 69.3 Å². The van der Waals surface area contributed by atoms with Crippen LogP contribution in [0, 0.1) is 0 Å². The monoisotopic (exact) mass is 253 g/mol. The van der Waals surface area contributed by atoms with E-state index in [0.29, 0.717) is 6.54 Å². The first-order chi connectivity index (χ1) is 9.08. The second kappa shape index (κ2) is 5.58. The summed E-state index contributed by atoms with van der Waals surface area (Å²) in [4.78, 5) is 0. The summed E-state index contributed by atoms with van der Waals surface area (Å²) in [6, 6.07) is 17.3. The molecule has 19 heavy (non-hydrogen) atoms. The number of benzene rings is 2. The Hall–Kier alpha value is -1.60. The maximum Gasteiger partial charge on any atom is 0.0184 e. The van der Waals surface area contributed by atoms with Gasteiger partial charge in [0.1, 0.15) is 0 Å². The van der Waals surface area contributed by atoms with Crippen LogP contribution in [0.2, 0.25) is 0 Å². The van der Waals surface area contributed by atoms with E-state index in [1.54, 1.807) is 0 Å². The summed E-state index contributed by atoms with van der Waals surface area (Å²) in [6.07, 6.45) is 1.14. The van der Waals surface area contributed by atoms with Gasteiger partial charge in [-0.05, 0) is 34.1 Å². The van der Waals surface area contributed by atoms with Gasteiger partial charge in [0.2, 0.25) is 0 Å². The second-order valence-corrected chi connectivity index (χ2v) is 5.68. The van der Waals surface area contributed by atoms with Gasteiger partial charge in [0.05, 0.1) is 0 Å². The molecule has 0 aliphatic heterocycles. The lowest BCUT2D eigenvalue weighted by Gasteiger charge is -2.23. The summed E-state index contributed by atoms with van der Waals surface area (Å²) in [5.41, 5.74) is 11.1. The van der Waals surface area contributed by atoms with Crippen LogP contribution in [0.5, 0.6) is 0 Å². The van der Waals surface area contributed by atoms with E-state index in [0.717, 1.165) is 6.42 Å². The standard InChI is InChI=1S/C18H23N/c1-4-18(2,3)16-11-9-14(10-12-16)17-8-6-5-7-15(17)13-19/h5-12H,4,13,19H2,1-3H3. The van der Waals surface area contributed by atoms with E-state index in [9.17, 15) is 0 Å². The molecule has 0 atom stereocenters. The molecule has 0 bridgehead atoms. The van der Waals surface area contributed by atoms with Crippen molar-refractivity contribution in [2.24, 2.45) is 5.73 Å². The van der Waals surface area contributed by atoms with Crippen molar-refractivity contribution in [1.29, 1.82) is 0 Å². The first-order valence-electron chi connectivity index (χ1n) is 6.97. The maximum absolute atomic E-state index is 5.81. The molecule has 1 heteroatoms. The third-order valence-electron chi connectivity index (χ3n) is 4.10. The van der Waals surface area contributed by atoms with Crippen molar-refractivity contribution in [3.63, 3.8) is 0 Å². The SMILES string of the molecule is CCC(C)(C)c1ccc(-c2ccccc2CN)cc1. The topological polar surface area (TPSA) is 26.0 Å². The van der Waals surface area contributed by atoms with Crippen LogP contribution in [0.1, 0.15) is 38.3 Å². The van der Waals surface area contributed by atoms with E-state index < -0.39 is 0 Å². The molecule has 0 spiro atoms. The van der Waals surface area contributed by atoms with Crippen LogP contribution >= 0.6 is 0 Å². The van der Waals surface area contributed by atoms with E-state index in [-0.39, 0.29) is 5.41 Å². The fourth-order valence-electron chi connectivity index (χ4n) is 2.29. The number of hydrogen-bond donors (Lipinski definition) is 1. The molecule has 2 rings (SSSR count).